The molecule has 0 fully saturated rings. The molecule has 1 aliphatic rings. The zero-order chi connectivity index (χ0) is 21.4. The van der Waals surface area contributed by atoms with Crippen molar-refractivity contribution >= 4 is 16.9 Å². The number of carboxylic acid groups (broad SMARTS) is 1. The first-order valence-electron chi connectivity index (χ1n) is 10.6. The standard InChI is InChI=1S/C26H24N2O3/c1-28-24-9-8-20(13-21(24)16-27-28)23-12-17(7-11-26(29)30)6-10-25(23)31-22-14-18-4-2-3-5-19(18)15-22/h2-6,8-10,12-13,16,22H,7,11,14-15H2,1H3,(H,29,30). The van der Waals surface area contributed by atoms with Crippen LogP contribution in [0.4, 0.5) is 0 Å². The van der Waals surface area contributed by atoms with E-state index < -0.39 is 5.97 Å². The van der Waals surface area contributed by atoms with Crippen molar-refractivity contribution in [1.82, 2.24) is 9.78 Å². The zero-order valence-corrected chi connectivity index (χ0v) is 17.4. The quantitative estimate of drug-likeness (QED) is 0.494. The van der Waals surface area contributed by atoms with Crippen molar-refractivity contribution in [3.8, 4) is 16.9 Å². The lowest BCUT2D eigenvalue weighted by molar-refractivity contribution is -0.136. The molecule has 0 saturated heterocycles. The maximum absolute atomic E-state index is 11.0. The van der Waals surface area contributed by atoms with Gasteiger partial charge in [-0.05, 0) is 52.9 Å². The molecule has 0 amide bonds. The Morgan fingerprint density at radius 1 is 1.10 bits per heavy atom. The van der Waals surface area contributed by atoms with Crippen molar-refractivity contribution < 1.29 is 14.6 Å². The lowest BCUT2D eigenvalue weighted by atomic mass is 9.98. The SMILES string of the molecule is Cn1ncc2cc(-c3cc(CCC(=O)O)ccc3OC3Cc4ccccc4C3)ccc21. The Hall–Kier alpha value is -3.60. The van der Waals surface area contributed by atoms with E-state index in [9.17, 15) is 4.79 Å². The average molecular weight is 412 g/mol. The first-order valence-corrected chi connectivity index (χ1v) is 10.6. The largest absolute Gasteiger partial charge is 0.489 e. The van der Waals surface area contributed by atoms with Gasteiger partial charge >= 0.3 is 5.97 Å². The molecular formula is C26H24N2O3. The molecule has 1 N–H and O–H groups in total. The lowest BCUT2D eigenvalue weighted by Crippen LogP contribution is -2.16. The number of hydrogen-bond acceptors (Lipinski definition) is 3. The number of fused-ring (bicyclic) bond motifs is 2. The molecule has 0 unspecified atom stereocenters. The topological polar surface area (TPSA) is 64.4 Å². The Morgan fingerprint density at radius 2 is 1.87 bits per heavy atom. The molecule has 1 heterocycles. The van der Waals surface area contributed by atoms with Crippen LogP contribution in [0.15, 0.2) is 66.9 Å². The molecule has 1 aromatic heterocycles. The summed E-state index contributed by atoms with van der Waals surface area (Å²) in [6.07, 6.45) is 4.37. The van der Waals surface area contributed by atoms with E-state index in [1.165, 1.54) is 11.1 Å². The molecule has 0 spiro atoms. The van der Waals surface area contributed by atoms with Gasteiger partial charge in [0.15, 0.2) is 0 Å². The van der Waals surface area contributed by atoms with Gasteiger partial charge in [0.25, 0.3) is 0 Å². The van der Waals surface area contributed by atoms with Crippen LogP contribution in [0.3, 0.4) is 0 Å². The van der Waals surface area contributed by atoms with E-state index in [0.717, 1.165) is 46.2 Å². The molecule has 31 heavy (non-hydrogen) atoms. The number of hydrogen-bond donors (Lipinski definition) is 1. The number of carboxylic acids is 1. The predicted octanol–water partition coefficient (Wildman–Crippen LogP) is 4.80. The number of rotatable bonds is 6. The molecule has 156 valence electrons. The number of benzene rings is 3. The fourth-order valence-corrected chi connectivity index (χ4v) is 4.42. The number of aromatic nitrogens is 2. The maximum atomic E-state index is 11.0. The fourth-order valence-electron chi connectivity index (χ4n) is 4.42. The number of carbonyl (C=O) groups is 1. The van der Waals surface area contributed by atoms with Gasteiger partial charge in [-0.25, -0.2) is 0 Å². The third kappa shape index (κ3) is 3.91. The maximum Gasteiger partial charge on any atom is 0.303 e. The smallest absolute Gasteiger partial charge is 0.303 e. The number of aryl methyl sites for hydroxylation is 2. The van der Waals surface area contributed by atoms with Gasteiger partial charge in [-0.1, -0.05) is 36.4 Å². The fraction of sp³-hybridized carbons (Fsp3) is 0.231. The van der Waals surface area contributed by atoms with Gasteiger partial charge in [-0.15, -0.1) is 0 Å². The van der Waals surface area contributed by atoms with Crippen LogP contribution in [0, 0.1) is 0 Å². The van der Waals surface area contributed by atoms with E-state index in [1.54, 1.807) is 0 Å². The highest BCUT2D eigenvalue weighted by molar-refractivity contribution is 5.86. The van der Waals surface area contributed by atoms with E-state index in [2.05, 4.69) is 53.6 Å². The van der Waals surface area contributed by atoms with E-state index in [4.69, 9.17) is 9.84 Å². The highest BCUT2D eigenvalue weighted by atomic mass is 16.5. The second-order valence-electron chi connectivity index (χ2n) is 8.18. The van der Waals surface area contributed by atoms with Crippen molar-refractivity contribution in [1.29, 1.82) is 0 Å². The van der Waals surface area contributed by atoms with Crippen molar-refractivity contribution in [3.05, 3.63) is 83.6 Å². The highest BCUT2D eigenvalue weighted by Gasteiger charge is 2.23. The molecule has 0 saturated carbocycles. The van der Waals surface area contributed by atoms with Crippen LogP contribution in [0.1, 0.15) is 23.1 Å². The summed E-state index contributed by atoms with van der Waals surface area (Å²) in [5, 5.41) is 14.5. The minimum atomic E-state index is -0.789. The first-order chi connectivity index (χ1) is 15.1. The van der Waals surface area contributed by atoms with Crippen molar-refractivity contribution in [2.75, 3.05) is 0 Å². The van der Waals surface area contributed by atoms with Gasteiger partial charge in [-0.3, -0.25) is 9.48 Å². The summed E-state index contributed by atoms with van der Waals surface area (Å²) >= 11 is 0. The molecule has 5 heteroatoms. The minimum absolute atomic E-state index is 0.100. The monoisotopic (exact) mass is 412 g/mol. The molecule has 0 radical (unpaired) electrons. The van der Waals surface area contributed by atoms with Crippen molar-refractivity contribution in [2.24, 2.45) is 7.05 Å². The van der Waals surface area contributed by atoms with Crippen LogP contribution >= 0.6 is 0 Å². The second kappa shape index (κ2) is 7.91. The van der Waals surface area contributed by atoms with Crippen molar-refractivity contribution in [2.45, 2.75) is 31.8 Å². The molecule has 0 bridgehead atoms. The van der Waals surface area contributed by atoms with E-state index in [1.807, 2.05) is 30.1 Å². The van der Waals surface area contributed by atoms with Gasteiger partial charge in [0.05, 0.1) is 11.7 Å². The number of nitrogens with zero attached hydrogens (tertiary/aromatic N) is 2. The first kappa shape index (κ1) is 19.4. The Bertz CT molecular complexity index is 1250. The highest BCUT2D eigenvalue weighted by Crippen LogP contribution is 2.35. The number of aliphatic carboxylic acids is 1. The van der Waals surface area contributed by atoms with Gasteiger partial charge in [-0.2, -0.15) is 5.10 Å². The Labute approximate surface area is 180 Å². The van der Waals surface area contributed by atoms with Crippen LogP contribution in [-0.4, -0.2) is 27.0 Å². The predicted molar refractivity (Wildman–Crippen MR) is 120 cm³/mol. The van der Waals surface area contributed by atoms with Crippen LogP contribution in [0.2, 0.25) is 0 Å². The summed E-state index contributed by atoms with van der Waals surface area (Å²) < 4.78 is 8.36. The van der Waals surface area contributed by atoms with E-state index in [-0.39, 0.29) is 12.5 Å². The summed E-state index contributed by atoms with van der Waals surface area (Å²) in [5.41, 5.74) is 6.80. The second-order valence-corrected chi connectivity index (χ2v) is 8.18. The van der Waals surface area contributed by atoms with Gasteiger partial charge in [0.2, 0.25) is 0 Å². The molecular weight excluding hydrogens is 388 g/mol. The van der Waals surface area contributed by atoms with Crippen LogP contribution in [0.5, 0.6) is 5.75 Å². The Balaban J connectivity index is 1.50. The van der Waals surface area contributed by atoms with Crippen molar-refractivity contribution in [3.63, 3.8) is 0 Å². The lowest BCUT2D eigenvalue weighted by Gasteiger charge is -2.18. The average Bonchev–Trinajstić information content (AvgIpc) is 3.35. The van der Waals surface area contributed by atoms with Crippen LogP contribution in [-0.2, 0) is 31.1 Å². The summed E-state index contributed by atoms with van der Waals surface area (Å²) in [4.78, 5) is 11.0. The Morgan fingerprint density at radius 3 is 2.61 bits per heavy atom. The summed E-state index contributed by atoms with van der Waals surface area (Å²) in [5.74, 6) is 0.0440. The molecule has 1 aliphatic carbocycles. The Kier molecular flexibility index (Phi) is 4.94. The van der Waals surface area contributed by atoms with E-state index in [0.29, 0.717) is 6.42 Å². The molecule has 3 aromatic carbocycles. The molecule has 4 aromatic rings. The summed E-state index contributed by atoms with van der Waals surface area (Å²) in [7, 11) is 1.93. The molecule has 5 rings (SSSR count). The normalized spacial score (nSPS) is 13.5. The number of ether oxygens (including phenoxy) is 1. The van der Waals surface area contributed by atoms with Crippen LogP contribution in [0.25, 0.3) is 22.0 Å². The zero-order valence-electron chi connectivity index (χ0n) is 17.4. The minimum Gasteiger partial charge on any atom is -0.489 e. The summed E-state index contributed by atoms with van der Waals surface area (Å²) in [6, 6.07) is 20.8. The van der Waals surface area contributed by atoms with Gasteiger partial charge in [0, 0.05) is 37.3 Å². The van der Waals surface area contributed by atoms with Gasteiger partial charge in [0.1, 0.15) is 11.9 Å². The third-order valence-electron chi connectivity index (χ3n) is 6.04. The third-order valence-corrected chi connectivity index (χ3v) is 6.04. The molecule has 0 aliphatic heterocycles. The molecule has 5 nitrogen and oxygen atoms in total. The van der Waals surface area contributed by atoms with Crippen LogP contribution < -0.4 is 4.74 Å². The summed E-state index contributed by atoms with van der Waals surface area (Å²) in [6.45, 7) is 0. The van der Waals surface area contributed by atoms with Gasteiger partial charge < -0.3 is 9.84 Å². The van der Waals surface area contributed by atoms with E-state index >= 15 is 0 Å². The molecule has 0 atom stereocenters.